The van der Waals surface area contributed by atoms with Gasteiger partial charge in [0.2, 0.25) is 0 Å². The number of carbonyl (C=O) groups excluding carboxylic acids is 2. The fourth-order valence-corrected chi connectivity index (χ4v) is 8.17. The van der Waals surface area contributed by atoms with Crippen molar-refractivity contribution >= 4 is 45.8 Å². The summed E-state index contributed by atoms with van der Waals surface area (Å²) in [5, 5.41) is 5.71. The van der Waals surface area contributed by atoms with Gasteiger partial charge in [-0.05, 0) is 147 Å². The molecule has 76 heavy (non-hydrogen) atoms. The van der Waals surface area contributed by atoms with E-state index in [1.165, 1.54) is 12.7 Å². The van der Waals surface area contributed by atoms with Gasteiger partial charge < -0.3 is 38.7 Å². The Bertz CT molecular complexity index is 3270. The van der Waals surface area contributed by atoms with Crippen molar-refractivity contribution in [1.82, 2.24) is 39.0 Å². The molecular weight excluding hydrogens is 957 g/mol. The highest BCUT2D eigenvalue weighted by Gasteiger charge is 2.16. The van der Waals surface area contributed by atoms with Gasteiger partial charge in [-0.25, -0.2) is 29.9 Å². The molecule has 0 radical (unpaired) electrons. The first-order valence-corrected chi connectivity index (χ1v) is 25.2. The lowest BCUT2D eigenvalue weighted by atomic mass is 10.1. The number of imidazole rings is 2. The van der Waals surface area contributed by atoms with Crippen LogP contribution in [0.15, 0.2) is 147 Å². The van der Waals surface area contributed by atoms with Gasteiger partial charge in [0.05, 0.1) is 40.1 Å². The smallest absolute Gasteiger partial charge is 0.256 e. The molecule has 5 aromatic carbocycles. The van der Waals surface area contributed by atoms with E-state index in [9.17, 15) is 9.59 Å². The number of rotatable bonds is 22. The van der Waals surface area contributed by atoms with Crippen molar-refractivity contribution < 1.29 is 28.5 Å². The lowest BCUT2D eigenvalue weighted by molar-refractivity contribution is 0.101. The largest absolute Gasteiger partial charge is 0.497 e. The summed E-state index contributed by atoms with van der Waals surface area (Å²) in [7, 11) is 3.17. The number of nitrogens with zero attached hydrogens (tertiary/aromatic N) is 8. The number of unbranched alkanes of at least 4 members (excludes halogenated alkanes) is 6. The topological polar surface area (TPSA) is 182 Å². The molecule has 0 aliphatic carbocycles. The molecule has 4 aromatic heterocycles. The molecule has 4 heterocycles. The Morgan fingerprint density at radius 3 is 1.13 bits per heavy atom. The summed E-state index contributed by atoms with van der Waals surface area (Å²) in [6.45, 7) is 2.78. The molecule has 16 heteroatoms. The van der Waals surface area contributed by atoms with Crippen LogP contribution in [0.1, 0.15) is 94.3 Å². The molecule has 2 amide bonds. The molecule has 9 rings (SSSR count). The normalized spacial score (nSPS) is 10.8. The first-order valence-electron chi connectivity index (χ1n) is 25.2. The molecule has 0 unspecified atom stereocenters. The first kappa shape index (κ1) is 51.4. The molecule has 382 valence electrons. The molecule has 0 spiro atoms. The number of fused-ring (bicyclic) bond motifs is 2. The SMILES string of the molecule is COc1ccc(C(=O)Nc2ncnc3c2ncn3CCCCCCOc2ccc(C#Cc3ccc(C#Cc4ccc(OCCCCCCn5cnc6c(NC(=O)c7ccc(OC)cc7)ncnc65)cc4)cc3)cc2)cc1. The van der Waals surface area contributed by atoms with Crippen molar-refractivity contribution in [3.05, 3.63) is 180 Å². The number of aromatic nitrogens is 8. The van der Waals surface area contributed by atoms with E-state index in [4.69, 9.17) is 18.9 Å². The van der Waals surface area contributed by atoms with Crippen LogP contribution >= 0.6 is 0 Å². The fourth-order valence-electron chi connectivity index (χ4n) is 8.17. The Balaban J connectivity index is 0.628. The zero-order chi connectivity index (χ0) is 52.3. The molecule has 0 saturated carbocycles. The summed E-state index contributed by atoms with van der Waals surface area (Å²) in [5.41, 5.74) is 7.09. The maximum absolute atomic E-state index is 12.8. The number of hydrogen-bond acceptors (Lipinski definition) is 12. The number of methoxy groups -OCH3 is 2. The Morgan fingerprint density at radius 1 is 0.421 bits per heavy atom. The first-order chi connectivity index (χ1) is 37.4. The standard InChI is InChI=1S/C60H56N10O6/c1-73-49-31-23-47(24-32-49)59(71)67-55-53-57(63-39-61-55)69(41-65-53)35-7-3-5-9-37-75-51-27-19-45(20-28-51)17-15-43-11-13-44(14-12-43)16-18-46-21-29-52(30-22-46)76-38-10-6-4-8-36-70-42-66-54-56(62-40-64-58(54)70)68-60(72)48-25-33-50(74-2)34-26-48/h11-14,19-34,39-42H,3-10,35-38H2,1-2H3,(H,61,63,67,71)(H,62,64,68,72). The van der Waals surface area contributed by atoms with E-state index in [1.807, 2.05) is 81.9 Å². The van der Waals surface area contributed by atoms with Gasteiger partial charge in [0, 0.05) is 46.5 Å². The third-order valence-corrected chi connectivity index (χ3v) is 12.4. The minimum atomic E-state index is -0.280. The van der Waals surface area contributed by atoms with E-state index < -0.39 is 0 Å². The van der Waals surface area contributed by atoms with Crippen molar-refractivity contribution in [1.29, 1.82) is 0 Å². The zero-order valence-corrected chi connectivity index (χ0v) is 42.4. The predicted molar refractivity (Wildman–Crippen MR) is 292 cm³/mol. The van der Waals surface area contributed by atoms with Gasteiger partial charge in [-0.1, -0.05) is 49.4 Å². The van der Waals surface area contributed by atoms with E-state index >= 15 is 0 Å². The third kappa shape index (κ3) is 13.9. The van der Waals surface area contributed by atoms with Gasteiger partial charge in [0.15, 0.2) is 34.0 Å². The second-order valence-corrected chi connectivity index (χ2v) is 17.7. The summed E-state index contributed by atoms with van der Waals surface area (Å²) in [5.74, 6) is 16.2. The van der Waals surface area contributed by atoms with E-state index in [2.05, 4.69) is 64.2 Å². The number of aryl methyl sites for hydroxylation is 2. The average Bonchev–Trinajstić information content (AvgIpc) is 4.09. The second kappa shape index (κ2) is 25.9. The molecule has 16 nitrogen and oxygen atoms in total. The Kier molecular flexibility index (Phi) is 17.5. The number of benzene rings is 5. The molecular formula is C60H56N10O6. The molecule has 0 aliphatic rings. The Labute approximate surface area is 440 Å². The monoisotopic (exact) mass is 1010 g/mol. The molecule has 9 aromatic rings. The fraction of sp³-hybridized carbons (Fsp3) is 0.233. The Hall–Kier alpha value is -9.54. The third-order valence-electron chi connectivity index (χ3n) is 12.4. The summed E-state index contributed by atoms with van der Waals surface area (Å²) in [6, 6.07) is 37.4. The van der Waals surface area contributed by atoms with Gasteiger partial charge in [0.25, 0.3) is 11.8 Å². The minimum Gasteiger partial charge on any atom is -0.497 e. The van der Waals surface area contributed by atoms with Crippen LogP contribution in [-0.4, -0.2) is 78.3 Å². The molecule has 0 atom stereocenters. The van der Waals surface area contributed by atoms with Crippen LogP contribution in [0.4, 0.5) is 11.6 Å². The van der Waals surface area contributed by atoms with Gasteiger partial charge >= 0.3 is 0 Å². The maximum atomic E-state index is 12.8. The number of anilines is 2. The summed E-state index contributed by atoms with van der Waals surface area (Å²) >= 11 is 0. The van der Waals surface area contributed by atoms with Gasteiger partial charge in [-0.2, -0.15) is 0 Å². The van der Waals surface area contributed by atoms with Gasteiger partial charge in [-0.15, -0.1) is 0 Å². The lowest BCUT2D eigenvalue weighted by Crippen LogP contribution is -2.13. The van der Waals surface area contributed by atoms with Gasteiger partial charge in [-0.3, -0.25) is 9.59 Å². The van der Waals surface area contributed by atoms with Crippen LogP contribution in [-0.2, 0) is 13.1 Å². The van der Waals surface area contributed by atoms with Crippen molar-refractivity contribution in [2.45, 2.75) is 64.5 Å². The molecule has 0 saturated heterocycles. The van der Waals surface area contributed by atoms with E-state index in [-0.39, 0.29) is 11.8 Å². The molecule has 0 fully saturated rings. The number of nitrogens with one attached hydrogen (secondary N) is 2. The van der Waals surface area contributed by atoms with Crippen molar-refractivity contribution in [2.75, 3.05) is 38.1 Å². The summed E-state index contributed by atoms with van der Waals surface area (Å²) in [6.07, 6.45) is 14.3. The van der Waals surface area contributed by atoms with Crippen molar-refractivity contribution in [2.24, 2.45) is 0 Å². The molecule has 0 aliphatic heterocycles. The Morgan fingerprint density at radius 2 is 0.763 bits per heavy atom. The van der Waals surface area contributed by atoms with Crippen LogP contribution in [0.5, 0.6) is 23.0 Å². The highest BCUT2D eigenvalue weighted by molar-refractivity contribution is 6.07. The minimum absolute atomic E-state index is 0.280. The number of hydrogen-bond donors (Lipinski definition) is 2. The summed E-state index contributed by atoms with van der Waals surface area (Å²) in [4.78, 5) is 52.0. The average molecular weight is 1010 g/mol. The second-order valence-electron chi connectivity index (χ2n) is 17.7. The number of carbonyl (C=O) groups is 2. The van der Waals surface area contributed by atoms with E-state index in [0.29, 0.717) is 69.8 Å². The van der Waals surface area contributed by atoms with Crippen LogP contribution in [0.25, 0.3) is 22.3 Å². The molecule has 2 N–H and O–H groups in total. The maximum Gasteiger partial charge on any atom is 0.256 e. The number of ether oxygens (including phenoxy) is 4. The van der Waals surface area contributed by atoms with Crippen LogP contribution in [0.3, 0.4) is 0 Å². The van der Waals surface area contributed by atoms with Crippen LogP contribution in [0.2, 0.25) is 0 Å². The van der Waals surface area contributed by atoms with Crippen LogP contribution in [0, 0.1) is 23.7 Å². The van der Waals surface area contributed by atoms with Crippen molar-refractivity contribution in [3.8, 4) is 46.7 Å². The van der Waals surface area contributed by atoms with Crippen LogP contribution < -0.4 is 29.6 Å². The van der Waals surface area contributed by atoms with E-state index in [1.54, 1.807) is 75.4 Å². The highest BCUT2D eigenvalue weighted by atomic mass is 16.5. The molecule has 0 bridgehead atoms. The van der Waals surface area contributed by atoms with Crippen molar-refractivity contribution in [3.63, 3.8) is 0 Å². The van der Waals surface area contributed by atoms with Gasteiger partial charge in [0.1, 0.15) is 35.7 Å². The quantitative estimate of drug-likeness (QED) is 0.0485. The zero-order valence-electron chi connectivity index (χ0n) is 42.4. The number of amides is 2. The summed E-state index contributed by atoms with van der Waals surface area (Å²) < 4.78 is 26.4. The lowest BCUT2D eigenvalue weighted by Gasteiger charge is -2.08. The highest BCUT2D eigenvalue weighted by Crippen LogP contribution is 2.23. The van der Waals surface area contributed by atoms with E-state index in [0.717, 1.165) is 98.2 Å². The predicted octanol–water partition coefficient (Wildman–Crippen LogP) is 10.6.